The minimum Gasteiger partial charge on any atom is -0.352 e. The van der Waals surface area contributed by atoms with Crippen molar-refractivity contribution in [1.82, 2.24) is 19.8 Å². The summed E-state index contributed by atoms with van der Waals surface area (Å²) in [6, 6.07) is 10.9. The van der Waals surface area contributed by atoms with Gasteiger partial charge < -0.3 is 9.84 Å². The fraction of sp³-hybridized carbons (Fsp3) is 0.348. The Labute approximate surface area is 191 Å². The van der Waals surface area contributed by atoms with Crippen LogP contribution < -0.4 is 5.32 Å². The van der Waals surface area contributed by atoms with Gasteiger partial charge in [-0.05, 0) is 49.1 Å². The Morgan fingerprint density at radius 1 is 1.21 bits per heavy atom. The molecule has 4 rings (SSSR count). The van der Waals surface area contributed by atoms with Crippen molar-refractivity contribution in [1.29, 1.82) is 0 Å². The van der Waals surface area contributed by atoms with Crippen molar-refractivity contribution in [2.75, 3.05) is 13.1 Å². The van der Waals surface area contributed by atoms with Crippen LogP contribution in [0.1, 0.15) is 29.9 Å². The minimum atomic E-state index is -3.83. The highest BCUT2D eigenvalue weighted by Crippen LogP contribution is 2.29. The number of nitrogens with one attached hydrogen (secondary N) is 1. The average Bonchev–Trinajstić information content (AvgIpc) is 3.25. The standard InChI is InChI=1S/C23H25FN4O4S/c1-15-5-8-18(22-26-16(2)32-27-22)12-21(15)33(30,31)28-11-3-4-19(14-28)23(29)25-13-17-6-9-20(24)10-7-17/h5-10,12,19H,3-4,11,13-14H2,1-2H3,(H,25,29). The predicted octanol–water partition coefficient (Wildman–Crippen LogP) is 3.21. The van der Waals surface area contributed by atoms with Gasteiger partial charge in [0.25, 0.3) is 0 Å². The van der Waals surface area contributed by atoms with Gasteiger partial charge >= 0.3 is 0 Å². The van der Waals surface area contributed by atoms with E-state index in [4.69, 9.17) is 4.52 Å². The van der Waals surface area contributed by atoms with Crippen molar-refractivity contribution in [3.05, 3.63) is 65.3 Å². The maximum atomic E-state index is 13.5. The molecule has 1 N–H and O–H groups in total. The number of carbonyl (C=O) groups is 1. The quantitative estimate of drug-likeness (QED) is 0.591. The molecule has 0 aliphatic carbocycles. The molecule has 1 atom stereocenters. The third kappa shape index (κ3) is 5.12. The third-order valence-corrected chi connectivity index (χ3v) is 7.73. The van der Waals surface area contributed by atoms with E-state index in [0.717, 1.165) is 5.56 Å². The normalized spacial score (nSPS) is 17.1. The molecule has 0 spiro atoms. The van der Waals surface area contributed by atoms with E-state index in [1.807, 2.05) is 0 Å². The molecule has 0 radical (unpaired) electrons. The topological polar surface area (TPSA) is 105 Å². The summed E-state index contributed by atoms with van der Waals surface area (Å²) in [5.74, 6) is -0.308. The van der Waals surface area contributed by atoms with Crippen LogP contribution in [-0.4, -0.2) is 41.9 Å². The second-order valence-corrected chi connectivity index (χ2v) is 10.1. The number of carbonyl (C=O) groups excluding carboxylic acids is 1. The predicted molar refractivity (Wildman–Crippen MR) is 119 cm³/mol. The summed E-state index contributed by atoms with van der Waals surface area (Å²) in [6.07, 6.45) is 1.18. The van der Waals surface area contributed by atoms with E-state index in [9.17, 15) is 17.6 Å². The molecule has 1 aromatic heterocycles. The van der Waals surface area contributed by atoms with Crippen LogP contribution in [0.25, 0.3) is 11.4 Å². The number of hydrogen-bond donors (Lipinski definition) is 1. The van der Waals surface area contributed by atoms with Crippen LogP contribution in [-0.2, 0) is 21.4 Å². The van der Waals surface area contributed by atoms with Crippen molar-refractivity contribution in [2.24, 2.45) is 5.92 Å². The monoisotopic (exact) mass is 472 g/mol. The van der Waals surface area contributed by atoms with Gasteiger partial charge in [0.1, 0.15) is 5.82 Å². The number of sulfonamides is 1. The summed E-state index contributed by atoms with van der Waals surface area (Å²) in [5, 5.41) is 6.70. The van der Waals surface area contributed by atoms with Crippen LogP contribution in [0.3, 0.4) is 0 Å². The number of hydrogen-bond acceptors (Lipinski definition) is 6. The van der Waals surface area contributed by atoms with Gasteiger partial charge in [0.2, 0.25) is 27.6 Å². The highest BCUT2D eigenvalue weighted by molar-refractivity contribution is 7.89. The molecular weight excluding hydrogens is 447 g/mol. The number of rotatable bonds is 6. The zero-order valence-corrected chi connectivity index (χ0v) is 19.2. The second-order valence-electron chi connectivity index (χ2n) is 8.16. The van der Waals surface area contributed by atoms with Gasteiger partial charge in [0.15, 0.2) is 0 Å². The van der Waals surface area contributed by atoms with Crippen LogP contribution in [0.2, 0.25) is 0 Å². The van der Waals surface area contributed by atoms with E-state index in [1.54, 1.807) is 44.2 Å². The molecule has 0 bridgehead atoms. The lowest BCUT2D eigenvalue weighted by molar-refractivity contribution is -0.126. The van der Waals surface area contributed by atoms with Crippen LogP contribution in [0.5, 0.6) is 0 Å². The third-order valence-electron chi connectivity index (χ3n) is 5.73. The number of aromatic nitrogens is 2. The number of benzene rings is 2. The summed E-state index contributed by atoms with van der Waals surface area (Å²) in [5.41, 5.74) is 1.91. The molecular formula is C23H25FN4O4S. The Bertz CT molecular complexity index is 1260. The molecule has 1 unspecified atom stereocenters. The first-order valence-electron chi connectivity index (χ1n) is 10.7. The van der Waals surface area contributed by atoms with Gasteiger partial charge in [-0.15, -0.1) is 0 Å². The lowest BCUT2D eigenvalue weighted by atomic mass is 9.99. The molecule has 1 saturated heterocycles. The lowest BCUT2D eigenvalue weighted by Gasteiger charge is -2.31. The SMILES string of the molecule is Cc1nc(-c2ccc(C)c(S(=O)(=O)N3CCCC(C(=O)NCc4ccc(F)cc4)C3)c2)no1. The molecule has 1 aliphatic heterocycles. The first-order valence-corrected chi connectivity index (χ1v) is 12.1. The highest BCUT2D eigenvalue weighted by atomic mass is 32.2. The summed E-state index contributed by atoms with van der Waals surface area (Å²) in [4.78, 5) is 17.1. The Hall–Kier alpha value is -3.11. The first kappa shape index (κ1) is 23.1. The summed E-state index contributed by atoms with van der Waals surface area (Å²) < 4.78 is 46.4. The van der Waals surface area contributed by atoms with E-state index in [0.29, 0.717) is 42.2 Å². The maximum Gasteiger partial charge on any atom is 0.243 e. The van der Waals surface area contributed by atoms with E-state index >= 15 is 0 Å². The molecule has 2 heterocycles. The largest absolute Gasteiger partial charge is 0.352 e. The number of amides is 1. The minimum absolute atomic E-state index is 0.0998. The Morgan fingerprint density at radius 2 is 1.97 bits per heavy atom. The van der Waals surface area contributed by atoms with Gasteiger partial charge in [-0.2, -0.15) is 9.29 Å². The summed E-state index contributed by atoms with van der Waals surface area (Å²) in [6.45, 7) is 4.09. The van der Waals surface area contributed by atoms with Crippen molar-refractivity contribution in [3.8, 4) is 11.4 Å². The highest BCUT2D eigenvalue weighted by Gasteiger charge is 2.34. The van der Waals surface area contributed by atoms with Gasteiger partial charge in [-0.25, -0.2) is 12.8 Å². The molecule has 2 aromatic carbocycles. The van der Waals surface area contributed by atoms with Gasteiger partial charge in [0.05, 0.1) is 10.8 Å². The molecule has 1 fully saturated rings. The van der Waals surface area contributed by atoms with E-state index in [1.165, 1.54) is 16.4 Å². The summed E-state index contributed by atoms with van der Waals surface area (Å²) in [7, 11) is -3.83. The second kappa shape index (κ2) is 9.40. The molecule has 8 nitrogen and oxygen atoms in total. The summed E-state index contributed by atoms with van der Waals surface area (Å²) >= 11 is 0. The van der Waals surface area contributed by atoms with E-state index in [-0.39, 0.29) is 29.7 Å². The average molecular weight is 473 g/mol. The molecule has 1 aliphatic rings. The smallest absolute Gasteiger partial charge is 0.243 e. The fourth-order valence-corrected chi connectivity index (χ4v) is 5.66. The molecule has 33 heavy (non-hydrogen) atoms. The van der Waals surface area contributed by atoms with Crippen molar-refractivity contribution in [2.45, 2.75) is 38.1 Å². The van der Waals surface area contributed by atoms with E-state index < -0.39 is 15.9 Å². The lowest BCUT2D eigenvalue weighted by Crippen LogP contribution is -2.45. The van der Waals surface area contributed by atoms with Crippen LogP contribution in [0, 0.1) is 25.6 Å². The number of piperidine rings is 1. The van der Waals surface area contributed by atoms with E-state index in [2.05, 4.69) is 15.5 Å². The first-order chi connectivity index (χ1) is 15.7. The number of aryl methyl sites for hydroxylation is 2. The van der Waals surface area contributed by atoms with Gasteiger partial charge in [0, 0.05) is 32.1 Å². The van der Waals surface area contributed by atoms with Crippen molar-refractivity contribution < 1.29 is 22.1 Å². The fourth-order valence-electron chi connectivity index (χ4n) is 3.88. The van der Waals surface area contributed by atoms with Crippen molar-refractivity contribution in [3.63, 3.8) is 0 Å². The maximum absolute atomic E-state index is 13.5. The van der Waals surface area contributed by atoms with Crippen molar-refractivity contribution >= 4 is 15.9 Å². The van der Waals surface area contributed by atoms with Crippen LogP contribution in [0.15, 0.2) is 51.9 Å². The Morgan fingerprint density at radius 3 is 2.67 bits per heavy atom. The van der Waals surface area contributed by atoms with Crippen LogP contribution >= 0.6 is 0 Å². The Kier molecular flexibility index (Phi) is 6.57. The number of halogens is 1. The van der Waals surface area contributed by atoms with Gasteiger partial charge in [-0.1, -0.05) is 29.4 Å². The molecule has 0 saturated carbocycles. The zero-order valence-electron chi connectivity index (χ0n) is 18.4. The number of nitrogens with zero attached hydrogens (tertiary/aromatic N) is 3. The zero-order chi connectivity index (χ0) is 23.6. The molecule has 3 aromatic rings. The molecule has 1 amide bonds. The van der Waals surface area contributed by atoms with Gasteiger partial charge in [-0.3, -0.25) is 4.79 Å². The molecule has 10 heteroatoms. The molecule has 174 valence electrons. The Balaban J connectivity index is 1.49. The van der Waals surface area contributed by atoms with Crippen LogP contribution in [0.4, 0.5) is 4.39 Å².